The van der Waals surface area contributed by atoms with Crippen LogP contribution in [0.25, 0.3) is 0 Å². The topological polar surface area (TPSA) is 63.3 Å². The SMILES string of the molecule is C#C[C@@H]1C[C@@]1(N)C(=O)O. The molecule has 1 rings (SSSR count). The maximum absolute atomic E-state index is 10.2. The number of carboxylic acid groups (broad SMARTS) is 1. The molecule has 1 aliphatic rings. The van der Waals surface area contributed by atoms with E-state index in [1.807, 2.05) is 0 Å². The van der Waals surface area contributed by atoms with Gasteiger partial charge in [0.15, 0.2) is 0 Å². The summed E-state index contributed by atoms with van der Waals surface area (Å²) < 4.78 is 0. The minimum Gasteiger partial charge on any atom is -0.480 e. The van der Waals surface area contributed by atoms with Gasteiger partial charge in [-0.2, -0.15) is 0 Å². The molecule has 0 heterocycles. The zero-order valence-electron chi connectivity index (χ0n) is 4.79. The molecule has 0 unspecified atom stereocenters. The molecule has 3 N–H and O–H groups in total. The van der Waals surface area contributed by atoms with E-state index < -0.39 is 11.5 Å². The van der Waals surface area contributed by atoms with Crippen molar-refractivity contribution in [3.63, 3.8) is 0 Å². The van der Waals surface area contributed by atoms with Crippen molar-refractivity contribution in [1.29, 1.82) is 0 Å². The zero-order chi connectivity index (χ0) is 7.07. The van der Waals surface area contributed by atoms with Crippen molar-refractivity contribution in [3.05, 3.63) is 0 Å². The molecule has 1 aliphatic carbocycles. The molecule has 2 atom stereocenters. The van der Waals surface area contributed by atoms with Crippen molar-refractivity contribution < 1.29 is 9.90 Å². The van der Waals surface area contributed by atoms with Gasteiger partial charge in [-0.15, -0.1) is 12.3 Å². The van der Waals surface area contributed by atoms with Crippen LogP contribution in [0.4, 0.5) is 0 Å². The third-order valence-electron chi connectivity index (χ3n) is 1.60. The van der Waals surface area contributed by atoms with Crippen LogP contribution >= 0.6 is 0 Å². The quantitative estimate of drug-likeness (QED) is 0.461. The summed E-state index contributed by atoms with van der Waals surface area (Å²) in [5.41, 5.74) is 4.20. The van der Waals surface area contributed by atoms with Crippen molar-refractivity contribution in [3.8, 4) is 12.3 Å². The lowest BCUT2D eigenvalue weighted by Gasteiger charge is -1.98. The molecular weight excluding hydrogens is 118 g/mol. The normalized spacial score (nSPS) is 39.3. The summed E-state index contributed by atoms with van der Waals surface area (Å²) in [5, 5.41) is 8.39. The molecule has 0 aromatic carbocycles. The van der Waals surface area contributed by atoms with Gasteiger partial charge < -0.3 is 10.8 Å². The van der Waals surface area contributed by atoms with Crippen molar-refractivity contribution >= 4 is 5.97 Å². The van der Waals surface area contributed by atoms with E-state index in [0.29, 0.717) is 6.42 Å². The summed E-state index contributed by atoms with van der Waals surface area (Å²) in [5.74, 6) is 1.06. The van der Waals surface area contributed by atoms with Crippen LogP contribution in [0.1, 0.15) is 6.42 Å². The summed E-state index contributed by atoms with van der Waals surface area (Å²) in [7, 11) is 0. The molecule has 0 aromatic rings. The predicted octanol–water partition coefficient (Wildman–Crippen LogP) is -0.578. The first kappa shape index (κ1) is 6.12. The van der Waals surface area contributed by atoms with Gasteiger partial charge in [0.1, 0.15) is 5.54 Å². The summed E-state index contributed by atoms with van der Waals surface area (Å²) in [6.45, 7) is 0. The fourth-order valence-corrected chi connectivity index (χ4v) is 0.723. The number of hydrogen-bond acceptors (Lipinski definition) is 2. The first-order valence-corrected chi connectivity index (χ1v) is 2.59. The maximum Gasteiger partial charge on any atom is 0.325 e. The highest BCUT2D eigenvalue weighted by atomic mass is 16.4. The summed E-state index contributed by atoms with van der Waals surface area (Å²) in [6.07, 6.45) is 5.37. The Kier molecular flexibility index (Phi) is 1.01. The number of aliphatic carboxylic acids is 1. The van der Waals surface area contributed by atoms with Gasteiger partial charge >= 0.3 is 5.97 Å². The summed E-state index contributed by atoms with van der Waals surface area (Å²) in [6, 6.07) is 0. The van der Waals surface area contributed by atoms with Crippen LogP contribution in [-0.4, -0.2) is 16.6 Å². The fourth-order valence-electron chi connectivity index (χ4n) is 0.723. The first-order valence-electron chi connectivity index (χ1n) is 2.59. The molecule has 0 aromatic heterocycles. The Morgan fingerprint density at radius 2 is 2.56 bits per heavy atom. The molecule has 1 fully saturated rings. The first-order chi connectivity index (χ1) is 4.11. The van der Waals surface area contributed by atoms with Gasteiger partial charge in [0.25, 0.3) is 0 Å². The van der Waals surface area contributed by atoms with Crippen molar-refractivity contribution in [2.24, 2.45) is 11.7 Å². The lowest BCUT2D eigenvalue weighted by atomic mass is 10.2. The van der Waals surface area contributed by atoms with Crippen molar-refractivity contribution in [1.82, 2.24) is 0 Å². The highest BCUT2D eigenvalue weighted by molar-refractivity contribution is 5.83. The Hall–Kier alpha value is -1.01. The highest BCUT2D eigenvalue weighted by Crippen LogP contribution is 2.40. The van der Waals surface area contributed by atoms with E-state index in [4.69, 9.17) is 17.3 Å². The molecular formula is C6H7NO2. The second kappa shape index (κ2) is 1.49. The summed E-state index contributed by atoms with van der Waals surface area (Å²) >= 11 is 0. The van der Waals surface area contributed by atoms with E-state index >= 15 is 0 Å². The van der Waals surface area contributed by atoms with E-state index in [2.05, 4.69) is 5.92 Å². The average Bonchev–Trinajstić information content (AvgIpc) is 2.44. The van der Waals surface area contributed by atoms with Gasteiger partial charge in [-0.1, -0.05) is 0 Å². The molecule has 0 radical (unpaired) electrons. The molecule has 3 heteroatoms. The van der Waals surface area contributed by atoms with Crippen molar-refractivity contribution in [2.45, 2.75) is 12.0 Å². The maximum atomic E-state index is 10.2. The largest absolute Gasteiger partial charge is 0.480 e. The van der Waals surface area contributed by atoms with Gasteiger partial charge in [0.05, 0.1) is 5.92 Å². The van der Waals surface area contributed by atoms with Gasteiger partial charge in [-0.05, 0) is 6.42 Å². The Morgan fingerprint density at radius 3 is 2.67 bits per heavy atom. The molecule has 0 amide bonds. The van der Waals surface area contributed by atoms with Crippen LogP contribution in [0, 0.1) is 18.3 Å². The second-order valence-corrected chi connectivity index (χ2v) is 2.27. The molecule has 0 bridgehead atoms. The molecule has 48 valence electrons. The van der Waals surface area contributed by atoms with E-state index in [1.165, 1.54) is 0 Å². The van der Waals surface area contributed by atoms with Gasteiger partial charge in [0, 0.05) is 0 Å². The molecule has 9 heavy (non-hydrogen) atoms. The number of terminal acetylenes is 1. The van der Waals surface area contributed by atoms with Crippen LogP contribution in [0.3, 0.4) is 0 Å². The number of nitrogens with two attached hydrogens (primary N) is 1. The third-order valence-corrected chi connectivity index (χ3v) is 1.60. The van der Waals surface area contributed by atoms with E-state index in [1.54, 1.807) is 0 Å². The number of rotatable bonds is 1. The monoisotopic (exact) mass is 125 g/mol. The Morgan fingerprint density at radius 1 is 2.00 bits per heavy atom. The molecule has 3 nitrogen and oxygen atoms in total. The van der Waals surface area contributed by atoms with E-state index in [9.17, 15) is 4.79 Å². The standard InChI is InChI=1S/C6H7NO2/c1-2-4-3-6(4,7)5(8)9/h1,4H,3,7H2,(H,8,9)/t4-,6+/m1/s1. The Labute approximate surface area is 52.9 Å². The van der Waals surface area contributed by atoms with Crippen LogP contribution in [0.2, 0.25) is 0 Å². The van der Waals surface area contributed by atoms with Crippen LogP contribution in [0.15, 0.2) is 0 Å². The van der Waals surface area contributed by atoms with Crippen LogP contribution in [0.5, 0.6) is 0 Å². The number of hydrogen-bond donors (Lipinski definition) is 2. The van der Waals surface area contributed by atoms with E-state index in [-0.39, 0.29) is 5.92 Å². The Balaban J connectivity index is 2.65. The smallest absolute Gasteiger partial charge is 0.325 e. The van der Waals surface area contributed by atoms with Crippen LogP contribution < -0.4 is 5.73 Å². The molecule has 0 saturated heterocycles. The van der Waals surface area contributed by atoms with Gasteiger partial charge in [-0.25, -0.2) is 0 Å². The minimum atomic E-state index is -1.10. The second-order valence-electron chi connectivity index (χ2n) is 2.27. The third kappa shape index (κ3) is 0.681. The molecule has 1 saturated carbocycles. The Bertz CT molecular complexity index is 194. The van der Waals surface area contributed by atoms with Gasteiger partial charge in [0.2, 0.25) is 0 Å². The minimum absolute atomic E-state index is 0.255. The average molecular weight is 125 g/mol. The van der Waals surface area contributed by atoms with Crippen LogP contribution in [-0.2, 0) is 4.79 Å². The lowest BCUT2D eigenvalue weighted by Crippen LogP contribution is -2.34. The zero-order valence-corrected chi connectivity index (χ0v) is 4.79. The molecule has 0 spiro atoms. The molecule has 0 aliphatic heterocycles. The van der Waals surface area contributed by atoms with Crippen molar-refractivity contribution in [2.75, 3.05) is 0 Å². The summed E-state index contributed by atoms with van der Waals surface area (Å²) in [4.78, 5) is 10.2. The predicted molar refractivity (Wildman–Crippen MR) is 31.5 cm³/mol. The van der Waals surface area contributed by atoms with Gasteiger partial charge in [-0.3, -0.25) is 4.79 Å². The fraction of sp³-hybridized carbons (Fsp3) is 0.500. The number of carboxylic acids is 1. The lowest BCUT2D eigenvalue weighted by molar-refractivity contribution is -0.139. The number of carbonyl (C=O) groups is 1. The highest BCUT2D eigenvalue weighted by Gasteiger charge is 2.56. The van der Waals surface area contributed by atoms with E-state index in [0.717, 1.165) is 0 Å².